The van der Waals surface area contributed by atoms with E-state index in [2.05, 4.69) is 15.9 Å². The highest BCUT2D eigenvalue weighted by molar-refractivity contribution is 9.11. The lowest BCUT2D eigenvalue weighted by atomic mass is 9.82. The molecule has 0 fully saturated rings. The number of benzene rings is 1. The van der Waals surface area contributed by atoms with Gasteiger partial charge in [0.25, 0.3) is 0 Å². The van der Waals surface area contributed by atoms with Gasteiger partial charge in [0.1, 0.15) is 4.75 Å². The van der Waals surface area contributed by atoms with Crippen LogP contribution in [0.4, 0.5) is 30.7 Å². The highest BCUT2D eigenvalue weighted by Gasteiger charge is 2.74. The summed E-state index contributed by atoms with van der Waals surface area (Å²) in [5, 5.41) is 0. The van der Waals surface area contributed by atoms with Crippen molar-refractivity contribution in [2.45, 2.75) is 34.1 Å². The fraction of sp³-hybridized carbons (Fsp3) is 0.412. The molecule has 0 radical (unpaired) electrons. The van der Waals surface area contributed by atoms with E-state index in [1.54, 1.807) is 0 Å². The van der Waals surface area contributed by atoms with E-state index in [1.807, 2.05) is 0 Å². The minimum atomic E-state index is -6.49. The summed E-state index contributed by atoms with van der Waals surface area (Å²) in [5.41, 5.74) is -8.54. The second-order valence-corrected chi connectivity index (χ2v) is 12.2. The number of alkyl halides is 7. The Bertz CT molecular complexity index is 1150. The molecule has 0 aromatic heterocycles. The van der Waals surface area contributed by atoms with Crippen molar-refractivity contribution in [1.29, 1.82) is 0 Å². The van der Waals surface area contributed by atoms with Gasteiger partial charge in [-0.25, -0.2) is 21.2 Å². The molecule has 0 N–H and O–H groups in total. The first-order valence-corrected chi connectivity index (χ1v) is 12.7. The first kappa shape index (κ1) is 25.8. The predicted octanol–water partition coefficient (Wildman–Crippen LogP) is 4.77. The van der Waals surface area contributed by atoms with E-state index < -0.39 is 69.4 Å². The van der Waals surface area contributed by atoms with Crippen LogP contribution in [0.25, 0.3) is 0 Å². The Morgan fingerprint density at radius 3 is 1.81 bits per heavy atom. The van der Waals surface area contributed by atoms with Crippen molar-refractivity contribution in [2.75, 3.05) is 12.5 Å². The number of allylic oxidation sites excluding steroid dienone is 3. The van der Waals surface area contributed by atoms with Crippen LogP contribution in [-0.2, 0) is 24.4 Å². The van der Waals surface area contributed by atoms with Gasteiger partial charge in [0, 0.05) is 24.5 Å². The van der Waals surface area contributed by atoms with Crippen molar-refractivity contribution in [3.8, 4) is 0 Å². The second-order valence-electron chi connectivity index (χ2n) is 6.95. The fourth-order valence-corrected chi connectivity index (χ4v) is 6.50. The highest BCUT2D eigenvalue weighted by Crippen LogP contribution is 2.55. The van der Waals surface area contributed by atoms with Crippen LogP contribution < -0.4 is 0 Å². The quantitative estimate of drug-likeness (QED) is 0.499. The minimum Gasteiger partial charge on any atom is -0.228 e. The summed E-state index contributed by atoms with van der Waals surface area (Å²) in [6.07, 6.45) is -12.3. The molecule has 0 amide bonds. The van der Waals surface area contributed by atoms with Gasteiger partial charge in [0.15, 0.2) is 19.7 Å². The highest BCUT2D eigenvalue weighted by atomic mass is 79.9. The summed E-state index contributed by atoms with van der Waals surface area (Å²) in [5.74, 6) is 0. The molecule has 4 nitrogen and oxygen atoms in total. The van der Waals surface area contributed by atoms with E-state index in [1.165, 1.54) is 6.07 Å². The smallest absolute Gasteiger partial charge is 0.228 e. The van der Waals surface area contributed by atoms with Gasteiger partial charge in [-0.15, -0.1) is 0 Å². The molecule has 0 heterocycles. The third kappa shape index (κ3) is 4.30. The molecule has 14 heteroatoms. The average Bonchev–Trinajstić information content (AvgIpc) is 2.56. The monoisotopic (exact) mass is 558 g/mol. The zero-order chi connectivity index (χ0) is 24.3. The van der Waals surface area contributed by atoms with Crippen LogP contribution in [0.15, 0.2) is 51.4 Å². The topological polar surface area (TPSA) is 68.3 Å². The molecule has 1 aromatic carbocycles. The Labute approximate surface area is 181 Å². The van der Waals surface area contributed by atoms with E-state index >= 15 is 0 Å². The first-order valence-electron chi connectivity index (χ1n) is 8.09. The minimum absolute atomic E-state index is 0.00190. The number of hydrogen-bond donors (Lipinski definition) is 0. The lowest BCUT2D eigenvalue weighted by Crippen LogP contribution is -2.55. The molecule has 0 saturated carbocycles. The molecule has 1 aliphatic rings. The van der Waals surface area contributed by atoms with Gasteiger partial charge >= 0.3 is 18.0 Å². The van der Waals surface area contributed by atoms with E-state index in [0.29, 0.717) is 12.5 Å². The molecule has 0 saturated heterocycles. The Balaban J connectivity index is 3.07. The average molecular weight is 559 g/mol. The normalized spacial score (nSPS) is 21.5. The summed E-state index contributed by atoms with van der Waals surface area (Å²) in [6, 6.07) is 4.25. The van der Waals surface area contributed by atoms with Crippen molar-refractivity contribution < 1.29 is 47.6 Å². The summed E-state index contributed by atoms with van der Waals surface area (Å²) >= 11 is 2.70. The molecule has 1 aromatic rings. The maximum absolute atomic E-state index is 14.7. The van der Waals surface area contributed by atoms with Crippen LogP contribution in [0.2, 0.25) is 0 Å². The number of rotatable bonds is 4. The van der Waals surface area contributed by atoms with Gasteiger partial charge in [-0.05, 0) is 22.2 Å². The lowest BCUT2D eigenvalue weighted by molar-refractivity contribution is -0.325. The number of halogens is 8. The van der Waals surface area contributed by atoms with E-state index in [-0.39, 0.29) is 12.2 Å². The van der Waals surface area contributed by atoms with Gasteiger partial charge in [-0.3, -0.25) is 0 Å². The molecule has 0 spiro atoms. The molecular weight excluding hydrogens is 545 g/mol. The zero-order valence-corrected chi connectivity index (χ0v) is 18.9. The predicted molar refractivity (Wildman–Crippen MR) is 102 cm³/mol. The molecular formula is C17H14BrF7O4S2. The molecule has 1 atom stereocenters. The van der Waals surface area contributed by atoms with Gasteiger partial charge in [0.2, 0.25) is 0 Å². The Kier molecular flexibility index (Phi) is 6.32. The van der Waals surface area contributed by atoms with E-state index in [0.717, 1.165) is 18.2 Å². The Morgan fingerprint density at radius 2 is 1.39 bits per heavy atom. The van der Waals surface area contributed by atoms with E-state index in [9.17, 15) is 47.6 Å². The van der Waals surface area contributed by atoms with Crippen molar-refractivity contribution in [3.63, 3.8) is 0 Å². The molecule has 0 bridgehead atoms. The van der Waals surface area contributed by atoms with Gasteiger partial charge in [0.05, 0.1) is 4.90 Å². The van der Waals surface area contributed by atoms with Crippen molar-refractivity contribution in [2.24, 2.45) is 0 Å². The van der Waals surface area contributed by atoms with Crippen LogP contribution in [0.5, 0.6) is 0 Å². The summed E-state index contributed by atoms with van der Waals surface area (Å²) in [4.78, 5) is -0.637. The molecule has 0 aliphatic heterocycles. The molecule has 31 heavy (non-hydrogen) atoms. The molecule has 1 aliphatic carbocycles. The maximum Gasteiger partial charge on any atom is 0.435 e. The van der Waals surface area contributed by atoms with Crippen molar-refractivity contribution in [1.82, 2.24) is 0 Å². The Hall–Kier alpha value is -1.41. The SMILES string of the molecule is CS(=O)(=O)c1ccccc1C1(S(C)(=O)=O)C=C(C(F)(C(F)(F)F)C(F)(F)F)C=C(Br)C1. The summed E-state index contributed by atoms with van der Waals surface area (Å²) in [7, 11) is -8.83. The first-order chi connectivity index (χ1) is 13.7. The van der Waals surface area contributed by atoms with Crippen molar-refractivity contribution in [3.05, 3.63) is 52.0 Å². The summed E-state index contributed by atoms with van der Waals surface area (Å²) < 4.78 is 141. The van der Waals surface area contributed by atoms with E-state index in [4.69, 9.17) is 0 Å². The maximum atomic E-state index is 14.7. The summed E-state index contributed by atoms with van der Waals surface area (Å²) in [6.45, 7) is 0. The molecule has 1 unspecified atom stereocenters. The second kappa shape index (κ2) is 7.58. The van der Waals surface area contributed by atoms with Crippen LogP contribution in [0.1, 0.15) is 12.0 Å². The zero-order valence-electron chi connectivity index (χ0n) is 15.6. The number of sulfone groups is 2. The van der Waals surface area contributed by atoms with Crippen LogP contribution >= 0.6 is 15.9 Å². The van der Waals surface area contributed by atoms with Gasteiger partial charge < -0.3 is 0 Å². The van der Waals surface area contributed by atoms with Crippen LogP contribution in [0.3, 0.4) is 0 Å². The lowest BCUT2D eigenvalue weighted by Gasteiger charge is -2.38. The Morgan fingerprint density at radius 1 is 0.903 bits per heavy atom. The van der Waals surface area contributed by atoms with Crippen LogP contribution in [0, 0.1) is 0 Å². The van der Waals surface area contributed by atoms with Gasteiger partial charge in [-0.2, -0.15) is 26.3 Å². The fourth-order valence-electron chi connectivity index (χ4n) is 3.25. The van der Waals surface area contributed by atoms with Gasteiger partial charge in [-0.1, -0.05) is 40.2 Å². The third-order valence-electron chi connectivity index (χ3n) is 4.72. The molecule has 174 valence electrons. The van der Waals surface area contributed by atoms with Crippen molar-refractivity contribution >= 4 is 35.6 Å². The third-order valence-corrected chi connectivity index (χ3v) is 8.19. The van der Waals surface area contributed by atoms with Crippen LogP contribution in [-0.4, -0.2) is 47.4 Å². The largest absolute Gasteiger partial charge is 0.435 e. The number of hydrogen-bond acceptors (Lipinski definition) is 4. The molecule has 2 rings (SSSR count). The standard InChI is InChI=1S/C17H14BrF7O4S2/c1-30(26,27)13-6-4-3-5-12(13)14(31(2,28)29)8-10(7-11(18)9-14)15(19,16(20,21)22)17(23,24)25/h3-8H,9H2,1-2H3.